The summed E-state index contributed by atoms with van der Waals surface area (Å²) < 4.78 is 1.64. The molecule has 0 aliphatic heterocycles. The van der Waals surface area contributed by atoms with E-state index in [-0.39, 0.29) is 12.3 Å². The standard InChI is InChI=1S/C21H21NO3/c1-4-15-7-10-19-18(11-15)17(12-20(23)24)14(3)22(19)21(25)16-8-5-13(2)6-9-16/h5-11H,4,12H2,1-3H3,(H,23,24). The summed E-state index contributed by atoms with van der Waals surface area (Å²) in [6, 6.07) is 13.3. The third-order valence-electron chi connectivity index (χ3n) is 4.64. The third kappa shape index (κ3) is 3.07. The number of hydrogen-bond acceptors (Lipinski definition) is 2. The van der Waals surface area contributed by atoms with E-state index in [0.717, 1.165) is 28.5 Å². The SMILES string of the molecule is CCc1ccc2c(c1)c(CC(=O)O)c(C)n2C(=O)c1ccc(C)cc1. The molecule has 3 aromatic rings. The van der Waals surface area contributed by atoms with Crippen molar-refractivity contribution in [3.8, 4) is 0 Å². The largest absolute Gasteiger partial charge is 0.481 e. The first-order chi connectivity index (χ1) is 11.9. The Kier molecular flexibility index (Phi) is 4.45. The van der Waals surface area contributed by atoms with Crippen LogP contribution in [0, 0.1) is 13.8 Å². The van der Waals surface area contributed by atoms with Gasteiger partial charge < -0.3 is 5.11 Å². The molecule has 0 aliphatic carbocycles. The van der Waals surface area contributed by atoms with Gasteiger partial charge >= 0.3 is 5.97 Å². The summed E-state index contributed by atoms with van der Waals surface area (Å²) in [4.78, 5) is 24.4. The molecule has 0 radical (unpaired) electrons. The van der Waals surface area contributed by atoms with Crippen molar-refractivity contribution in [2.24, 2.45) is 0 Å². The molecule has 1 aromatic heterocycles. The molecule has 0 saturated heterocycles. The monoisotopic (exact) mass is 335 g/mol. The van der Waals surface area contributed by atoms with Gasteiger partial charge in [-0.2, -0.15) is 0 Å². The number of aryl methyl sites for hydroxylation is 2. The second kappa shape index (κ2) is 6.55. The van der Waals surface area contributed by atoms with Crippen molar-refractivity contribution in [3.05, 3.63) is 70.4 Å². The van der Waals surface area contributed by atoms with Gasteiger partial charge in [0.1, 0.15) is 0 Å². The van der Waals surface area contributed by atoms with Crippen LogP contribution < -0.4 is 0 Å². The zero-order valence-corrected chi connectivity index (χ0v) is 14.7. The molecule has 4 heteroatoms. The molecule has 4 nitrogen and oxygen atoms in total. The van der Waals surface area contributed by atoms with E-state index in [0.29, 0.717) is 16.8 Å². The van der Waals surface area contributed by atoms with Crippen LogP contribution in [0.2, 0.25) is 0 Å². The van der Waals surface area contributed by atoms with Gasteiger partial charge in [-0.25, -0.2) is 0 Å². The van der Waals surface area contributed by atoms with Gasteiger partial charge in [0, 0.05) is 16.6 Å². The molecule has 0 saturated carbocycles. The van der Waals surface area contributed by atoms with E-state index < -0.39 is 5.97 Å². The Morgan fingerprint density at radius 2 is 1.72 bits per heavy atom. The molecule has 0 amide bonds. The van der Waals surface area contributed by atoms with Crippen molar-refractivity contribution in [1.82, 2.24) is 4.57 Å². The van der Waals surface area contributed by atoms with E-state index in [1.807, 2.05) is 44.2 Å². The first kappa shape index (κ1) is 17.0. The Morgan fingerprint density at radius 3 is 2.32 bits per heavy atom. The van der Waals surface area contributed by atoms with Crippen LogP contribution in [0.3, 0.4) is 0 Å². The highest BCUT2D eigenvalue weighted by atomic mass is 16.4. The maximum atomic E-state index is 13.1. The maximum absolute atomic E-state index is 13.1. The topological polar surface area (TPSA) is 59.3 Å². The zero-order valence-electron chi connectivity index (χ0n) is 14.7. The fraction of sp³-hybridized carbons (Fsp3) is 0.238. The molecule has 0 unspecified atom stereocenters. The van der Waals surface area contributed by atoms with Crippen molar-refractivity contribution in [3.63, 3.8) is 0 Å². The smallest absolute Gasteiger partial charge is 0.307 e. The molecule has 1 heterocycles. The molecule has 0 atom stereocenters. The first-order valence-electron chi connectivity index (χ1n) is 8.38. The summed E-state index contributed by atoms with van der Waals surface area (Å²) in [5.74, 6) is -1.03. The molecule has 25 heavy (non-hydrogen) atoms. The molecule has 128 valence electrons. The van der Waals surface area contributed by atoms with Gasteiger partial charge in [-0.1, -0.05) is 30.7 Å². The second-order valence-electron chi connectivity index (χ2n) is 6.35. The van der Waals surface area contributed by atoms with Crippen molar-refractivity contribution < 1.29 is 14.7 Å². The summed E-state index contributed by atoms with van der Waals surface area (Å²) in [5.41, 5.74) is 4.96. The fourth-order valence-electron chi connectivity index (χ4n) is 3.21. The quantitative estimate of drug-likeness (QED) is 0.779. The number of benzene rings is 2. The van der Waals surface area contributed by atoms with Gasteiger partial charge in [-0.3, -0.25) is 14.2 Å². The van der Waals surface area contributed by atoms with Crippen LogP contribution >= 0.6 is 0 Å². The minimum absolute atomic E-state index is 0.0936. The van der Waals surface area contributed by atoms with E-state index in [9.17, 15) is 14.7 Å². The third-order valence-corrected chi connectivity index (χ3v) is 4.64. The first-order valence-corrected chi connectivity index (χ1v) is 8.38. The van der Waals surface area contributed by atoms with Gasteiger partial charge in [-0.15, -0.1) is 0 Å². The van der Waals surface area contributed by atoms with E-state index in [2.05, 4.69) is 6.92 Å². The Bertz CT molecular complexity index is 965. The van der Waals surface area contributed by atoms with Gasteiger partial charge in [0.05, 0.1) is 11.9 Å². The molecule has 2 aromatic carbocycles. The number of carbonyl (C=O) groups is 2. The van der Waals surface area contributed by atoms with Gasteiger partial charge in [-0.05, 0) is 55.7 Å². The average molecular weight is 335 g/mol. The molecule has 0 bridgehead atoms. The number of carboxylic acid groups (broad SMARTS) is 1. The predicted octanol–water partition coefficient (Wildman–Crippen LogP) is 4.14. The van der Waals surface area contributed by atoms with Crippen LogP contribution in [0.4, 0.5) is 0 Å². The van der Waals surface area contributed by atoms with Crippen LogP contribution in [-0.2, 0) is 17.6 Å². The number of carbonyl (C=O) groups excluding carboxylic acids is 1. The summed E-state index contributed by atoms with van der Waals surface area (Å²) in [6.07, 6.45) is 0.766. The Labute approximate surface area is 146 Å². The Hall–Kier alpha value is -2.88. The number of aromatic nitrogens is 1. The maximum Gasteiger partial charge on any atom is 0.307 e. The number of carboxylic acids is 1. The van der Waals surface area contributed by atoms with Crippen LogP contribution in [0.25, 0.3) is 10.9 Å². The summed E-state index contributed by atoms with van der Waals surface area (Å²) >= 11 is 0. The summed E-state index contributed by atoms with van der Waals surface area (Å²) in [7, 11) is 0. The van der Waals surface area contributed by atoms with E-state index in [1.165, 1.54) is 0 Å². The summed E-state index contributed by atoms with van der Waals surface area (Å²) in [5, 5.41) is 10.1. The molecule has 0 aliphatic rings. The lowest BCUT2D eigenvalue weighted by Crippen LogP contribution is -2.14. The highest BCUT2D eigenvalue weighted by Crippen LogP contribution is 2.29. The van der Waals surface area contributed by atoms with Crippen molar-refractivity contribution in [2.45, 2.75) is 33.6 Å². The fourth-order valence-corrected chi connectivity index (χ4v) is 3.21. The summed E-state index contributed by atoms with van der Waals surface area (Å²) in [6.45, 7) is 5.84. The van der Waals surface area contributed by atoms with Gasteiger partial charge in [0.25, 0.3) is 5.91 Å². The van der Waals surface area contributed by atoms with Gasteiger partial charge in [0.15, 0.2) is 0 Å². The normalized spacial score (nSPS) is 11.0. The van der Waals surface area contributed by atoms with E-state index in [1.54, 1.807) is 16.7 Å². The number of fused-ring (bicyclic) bond motifs is 1. The molecular formula is C21H21NO3. The van der Waals surface area contributed by atoms with E-state index in [4.69, 9.17) is 0 Å². The number of rotatable bonds is 4. The van der Waals surface area contributed by atoms with Crippen molar-refractivity contribution >= 4 is 22.8 Å². The predicted molar refractivity (Wildman–Crippen MR) is 98.3 cm³/mol. The van der Waals surface area contributed by atoms with E-state index >= 15 is 0 Å². The highest BCUT2D eigenvalue weighted by molar-refractivity contribution is 6.04. The number of aliphatic carboxylic acids is 1. The van der Waals surface area contributed by atoms with Gasteiger partial charge in [0.2, 0.25) is 0 Å². The number of hydrogen-bond donors (Lipinski definition) is 1. The average Bonchev–Trinajstić information content (AvgIpc) is 2.86. The minimum atomic E-state index is -0.896. The Balaban J connectivity index is 2.23. The molecular weight excluding hydrogens is 314 g/mol. The van der Waals surface area contributed by atoms with Crippen LogP contribution in [0.15, 0.2) is 42.5 Å². The highest BCUT2D eigenvalue weighted by Gasteiger charge is 2.21. The molecule has 3 rings (SSSR count). The van der Waals surface area contributed by atoms with Crippen LogP contribution in [0.1, 0.15) is 39.7 Å². The van der Waals surface area contributed by atoms with Crippen molar-refractivity contribution in [2.75, 3.05) is 0 Å². The molecule has 1 N–H and O–H groups in total. The lowest BCUT2D eigenvalue weighted by atomic mass is 10.0. The molecule has 0 fully saturated rings. The zero-order chi connectivity index (χ0) is 18.1. The van der Waals surface area contributed by atoms with Crippen molar-refractivity contribution in [1.29, 1.82) is 0 Å². The number of nitrogens with zero attached hydrogens (tertiary/aromatic N) is 1. The molecule has 0 spiro atoms. The van der Waals surface area contributed by atoms with Crippen LogP contribution in [0.5, 0.6) is 0 Å². The lowest BCUT2D eigenvalue weighted by molar-refractivity contribution is -0.136. The lowest BCUT2D eigenvalue weighted by Gasteiger charge is -2.08. The second-order valence-corrected chi connectivity index (χ2v) is 6.35. The minimum Gasteiger partial charge on any atom is -0.481 e. The Morgan fingerprint density at radius 1 is 1.04 bits per heavy atom. The van der Waals surface area contributed by atoms with Crippen LogP contribution in [-0.4, -0.2) is 21.6 Å².